The Morgan fingerprint density at radius 1 is 1.38 bits per heavy atom. The van der Waals surface area contributed by atoms with E-state index in [-0.39, 0.29) is 12.6 Å². The first-order valence-corrected chi connectivity index (χ1v) is 7.98. The molecule has 3 N–H and O–H groups in total. The summed E-state index contributed by atoms with van der Waals surface area (Å²) >= 11 is 0. The van der Waals surface area contributed by atoms with Gasteiger partial charge in [-0.3, -0.25) is 0 Å². The number of amides is 2. The van der Waals surface area contributed by atoms with Crippen LogP contribution < -0.4 is 10.6 Å². The van der Waals surface area contributed by atoms with Crippen molar-refractivity contribution < 1.29 is 14.4 Å². The third-order valence-electron chi connectivity index (χ3n) is 3.71. The lowest BCUT2D eigenvalue weighted by molar-refractivity contribution is 0.218. The van der Waals surface area contributed by atoms with Gasteiger partial charge in [-0.2, -0.15) is 4.98 Å². The second-order valence-corrected chi connectivity index (χ2v) is 6.34. The second kappa shape index (κ2) is 7.44. The van der Waals surface area contributed by atoms with E-state index >= 15 is 0 Å². The van der Waals surface area contributed by atoms with Crippen molar-refractivity contribution in [1.29, 1.82) is 0 Å². The number of aliphatic hydroxyl groups is 1. The maximum Gasteiger partial charge on any atom is 0.319 e. The highest BCUT2D eigenvalue weighted by Crippen LogP contribution is 2.24. The average molecular weight is 332 g/mol. The molecular weight excluding hydrogens is 308 g/mol. The fourth-order valence-corrected chi connectivity index (χ4v) is 2.21. The number of carbonyl (C=O) groups excluding carboxylic acids is 1. The fraction of sp³-hybridized carbons (Fsp3) is 0.471. The minimum Gasteiger partial charge on any atom is -0.396 e. The van der Waals surface area contributed by atoms with Crippen molar-refractivity contribution in [1.82, 2.24) is 15.5 Å². The van der Waals surface area contributed by atoms with Gasteiger partial charge in [-0.15, -0.1) is 0 Å². The zero-order valence-electron chi connectivity index (χ0n) is 14.5. The highest BCUT2D eigenvalue weighted by molar-refractivity contribution is 5.91. The smallest absolute Gasteiger partial charge is 0.319 e. The molecule has 0 spiro atoms. The predicted molar refractivity (Wildman–Crippen MR) is 91.8 cm³/mol. The summed E-state index contributed by atoms with van der Waals surface area (Å²) in [6.07, 6.45) is 1.17. The normalized spacial score (nSPS) is 11.4. The summed E-state index contributed by atoms with van der Waals surface area (Å²) in [7, 11) is 0. The van der Waals surface area contributed by atoms with Gasteiger partial charge >= 0.3 is 6.03 Å². The maximum atomic E-state index is 12.2. The van der Waals surface area contributed by atoms with Crippen molar-refractivity contribution in [2.45, 2.75) is 46.1 Å². The number of rotatable bonds is 6. The molecule has 2 amide bonds. The summed E-state index contributed by atoms with van der Waals surface area (Å²) in [4.78, 5) is 16.5. The molecule has 2 aromatic rings. The molecule has 0 saturated heterocycles. The minimum absolute atomic E-state index is 0.0126. The summed E-state index contributed by atoms with van der Waals surface area (Å²) in [6.45, 7) is 7.59. The van der Waals surface area contributed by atoms with Crippen LogP contribution >= 0.6 is 0 Å². The number of nitrogens with zero attached hydrogens (tertiary/aromatic N) is 2. The number of aliphatic hydroxyl groups excluding tert-OH is 1. The molecule has 0 radical (unpaired) electrons. The van der Waals surface area contributed by atoms with E-state index in [0.29, 0.717) is 30.2 Å². The lowest BCUT2D eigenvalue weighted by atomic mass is 10.0. The van der Waals surface area contributed by atoms with E-state index in [1.807, 2.05) is 39.8 Å². The highest BCUT2D eigenvalue weighted by atomic mass is 16.5. The molecule has 0 saturated carbocycles. The Kier molecular flexibility index (Phi) is 5.56. The number of hydrogen-bond acceptors (Lipinski definition) is 5. The van der Waals surface area contributed by atoms with Crippen LogP contribution in [0.25, 0.3) is 11.5 Å². The van der Waals surface area contributed by atoms with Crippen LogP contribution in [0, 0.1) is 6.92 Å². The van der Waals surface area contributed by atoms with Crippen molar-refractivity contribution in [2.75, 3.05) is 11.9 Å². The first kappa shape index (κ1) is 17.9. The Morgan fingerprint density at radius 2 is 2.12 bits per heavy atom. The monoisotopic (exact) mass is 332 g/mol. The standard InChI is InChI=1S/C17H24N4O3/c1-5-14-19-15(24-21-14)12-7-6-11(2)13(10-12)18-16(23)20-17(3,4)8-9-22/h6-7,10,22H,5,8-9H2,1-4H3,(H2,18,20,23). The lowest BCUT2D eigenvalue weighted by Gasteiger charge is -2.25. The predicted octanol–water partition coefficient (Wildman–Crippen LogP) is 2.89. The summed E-state index contributed by atoms with van der Waals surface area (Å²) < 4.78 is 5.24. The van der Waals surface area contributed by atoms with Crippen molar-refractivity contribution >= 4 is 11.7 Å². The van der Waals surface area contributed by atoms with Gasteiger partial charge in [0.05, 0.1) is 0 Å². The third kappa shape index (κ3) is 4.55. The number of hydrogen-bond donors (Lipinski definition) is 3. The van der Waals surface area contributed by atoms with E-state index in [9.17, 15) is 4.79 Å². The van der Waals surface area contributed by atoms with Crippen LogP contribution in [-0.2, 0) is 6.42 Å². The number of urea groups is 1. The molecule has 7 heteroatoms. The molecule has 7 nitrogen and oxygen atoms in total. The third-order valence-corrected chi connectivity index (χ3v) is 3.71. The van der Waals surface area contributed by atoms with Gasteiger partial charge in [0.25, 0.3) is 5.89 Å². The van der Waals surface area contributed by atoms with Gasteiger partial charge in [-0.05, 0) is 44.9 Å². The van der Waals surface area contributed by atoms with Crippen molar-refractivity contribution in [3.8, 4) is 11.5 Å². The molecule has 1 heterocycles. The van der Waals surface area contributed by atoms with Gasteiger partial charge in [0.2, 0.25) is 0 Å². The van der Waals surface area contributed by atoms with Crippen LogP contribution in [0.1, 0.15) is 38.6 Å². The van der Waals surface area contributed by atoms with Gasteiger partial charge in [-0.25, -0.2) is 4.79 Å². The maximum absolute atomic E-state index is 12.2. The second-order valence-electron chi connectivity index (χ2n) is 6.34. The molecule has 1 aromatic heterocycles. The number of anilines is 1. The molecule has 0 fully saturated rings. The number of aryl methyl sites for hydroxylation is 2. The van der Waals surface area contributed by atoms with Crippen LogP contribution in [0.3, 0.4) is 0 Å². The summed E-state index contributed by atoms with van der Waals surface area (Å²) in [5.41, 5.74) is 1.84. The molecule has 0 aliphatic rings. The van der Waals surface area contributed by atoms with Crippen molar-refractivity contribution in [2.24, 2.45) is 0 Å². The van der Waals surface area contributed by atoms with E-state index < -0.39 is 5.54 Å². The molecule has 130 valence electrons. The number of carbonyl (C=O) groups is 1. The SMILES string of the molecule is CCc1noc(-c2ccc(C)c(NC(=O)NC(C)(C)CCO)c2)n1. The van der Waals surface area contributed by atoms with Gasteiger partial charge in [0.15, 0.2) is 5.82 Å². The minimum atomic E-state index is -0.493. The number of benzene rings is 1. The zero-order valence-corrected chi connectivity index (χ0v) is 14.5. The number of aromatic nitrogens is 2. The van der Waals surface area contributed by atoms with E-state index in [1.54, 1.807) is 6.07 Å². The molecule has 0 bridgehead atoms. The first-order chi connectivity index (χ1) is 11.3. The molecule has 0 aliphatic heterocycles. The summed E-state index contributed by atoms with van der Waals surface area (Å²) in [5.74, 6) is 1.07. The van der Waals surface area contributed by atoms with Crippen molar-refractivity contribution in [3.05, 3.63) is 29.6 Å². The van der Waals surface area contributed by atoms with E-state index in [4.69, 9.17) is 9.63 Å². The lowest BCUT2D eigenvalue weighted by Crippen LogP contribution is -2.46. The van der Waals surface area contributed by atoms with Crippen LogP contribution in [0.4, 0.5) is 10.5 Å². The molecular formula is C17H24N4O3. The van der Waals surface area contributed by atoms with E-state index in [1.165, 1.54) is 0 Å². The Bertz CT molecular complexity index is 710. The van der Waals surface area contributed by atoms with Gasteiger partial charge < -0.3 is 20.3 Å². The largest absolute Gasteiger partial charge is 0.396 e. The van der Waals surface area contributed by atoms with Crippen LogP contribution in [0.15, 0.2) is 22.7 Å². The van der Waals surface area contributed by atoms with Crippen LogP contribution in [0.2, 0.25) is 0 Å². The average Bonchev–Trinajstić information content (AvgIpc) is 2.97. The quantitative estimate of drug-likeness (QED) is 0.755. The molecule has 1 aromatic carbocycles. The number of nitrogens with one attached hydrogen (secondary N) is 2. The Balaban J connectivity index is 2.15. The van der Waals surface area contributed by atoms with E-state index in [2.05, 4.69) is 20.8 Å². The Morgan fingerprint density at radius 3 is 2.75 bits per heavy atom. The molecule has 24 heavy (non-hydrogen) atoms. The van der Waals surface area contributed by atoms with Crippen LogP contribution in [-0.4, -0.2) is 33.4 Å². The Labute approximate surface area is 141 Å². The van der Waals surface area contributed by atoms with Gasteiger partial charge in [-0.1, -0.05) is 18.1 Å². The van der Waals surface area contributed by atoms with Gasteiger partial charge in [0.1, 0.15) is 0 Å². The topological polar surface area (TPSA) is 100 Å². The first-order valence-electron chi connectivity index (χ1n) is 7.98. The molecule has 2 rings (SSSR count). The summed E-state index contributed by atoms with van der Waals surface area (Å²) in [6, 6.07) is 5.25. The molecule has 0 aliphatic carbocycles. The Hall–Kier alpha value is -2.41. The highest BCUT2D eigenvalue weighted by Gasteiger charge is 2.20. The zero-order chi connectivity index (χ0) is 17.7. The molecule has 0 unspecified atom stereocenters. The summed E-state index contributed by atoms with van der Waals surface area (Å²) in [5, 5.41) is 18.6. The fourth-order valence-electron chi connectivity index (χ4n) is 2.21. The van der Waals surface area contributed by atoms with Gasteiger partial charge in [0, 0.05) is 29.8 Å². The van der Waals surface area contributed by atoms with E-state index in [0.717, 1.165) is 11.1 Å². The van der Waals surface area contributed by atoms with Crippen molar-refractivity contribution in [3.63, 3.8) is 0 Å². The molecule has 0 atom stereocenters. The van der Waals surface area contributed by atoms with Crippen LogP contribution in [0.5, 0.6) is 0 Å².